The van der Waals surface area contributed by atoms with Crippen molar-refractivity contribution in [3.63, 3.8) is 0 Å². The largest absolute Gasteiger partial charge is 0.280 e. The van der Waals surface area contributed by atoms with Crippen molar-refractivity contribution in [2.24, 2.45) is 0 Å². The fourth-order valence-electron chi connectivity index (χ4n) is 0.890. The molecule has 0 saturated carbocycles. The molecule has 0 aromatic carbocycles. The van der Waals surface area contributed by atoms with E-state index in [1.165, 1.54) is 0 Å². The van der Waals surface area contributed by atoms with Crippen molar-refractivity contribution in [3.05, 3.63) is 29.6 Å². The molecule has 0 fully saturated rings. The molecular formula is C8H8F2N. The zero-order chi connectivity index (χ0) is 8.27. The Morgan fingerprint density at radius 2 is 2.36 bits per heavy atom. The van der Waals surface area contributed by atoms with Gasteiger partial charge in [-0.05, 0) is 18.1 Å². The van der Waals surface area contributed by atoms with E-state index in [9.17, 15) is 8.78 Å². The summed E-state index contributed by atoms with van der Waals surface area (Å²) in [5, 5.41) is 0. The van der Waals surface area contributed by atoms with Gasteiger partial charge in [0, 0.05) is 0 Å². The lowest BCUT2D eigenvalue weighted by Crippen LogP contribution is -1.95. The third kappa shape index (κ3) is 1.73. The Hall–Kier alpha value is -0.990. The van der Waals surface area contributed by atoms with Gasteiger partial charge in [0.25, 0.3) is 6.43 Å². The van der Waals surface area contributed by atoms with Gasteiger partial charge in [-0.3, -0.25) is 0 Å². The smallest absolute Gasteiger partial charge is 0.245 e. The van der Waals surface area contributed by atoms with Crippen molar-refractivity contribution < 1.29 is 8.78 Å². The standard InChI is InChI=1S/C8H8F2N/c1-2-6-4-3-5-11-7(6)8(9)10/h3-4,8H,2H2,1H3. The van der Waals surface area contributed by atoms with Crippen molar-refractivity contribution in [2.75, 3.05) is 0 Å². The van der Waals surface area contributed by atoms with Gasteiger partial charge >= 0.3 is 0 Å². The first-order chi connectivity index (χ1) is 5.25. The minimum Gasteiger partial charge on any atom is -0.245 e. The number of aromatic nitrogens is 1. The molecule has 0 aliphatic carbocycles. The molecule has 0 N–H and O–H groups in total. The van der Waals surface area contributed by atoms with Crippen LogP contribution in [0.3, 0.4) is 0 Å². The summed E-state index contributed by atoms with van der Waals surface area (Å²) in [5.74, 6) is 0. The molecule has 1 rings (SSSR count). The van der Waals surface area contributed by atoms with Crippen LogP contribution in [0.2, 0.25) is 0 Å². The topological polar surface area (TPSA) is 12.9 Å². The lowest BCUT2D eigenvalue weighted by molar-refractivity contribution is 0.145. The van der Waals surface area contributed by atoms with Crippen LogP contribution in [-0.4, -0.2) is 4.98 Å². The second-order valence-corrected chi connectivity index (χ2v) is 2.14. The molecule has 0 amide bonds. The minimum absolute atomic E-state index is 0.144. The maximum atomic E-state index is 12.1. The Morgan fingerprint density at radius 1 is 1.64 bits per heavy atom. The fourth-order valence-corrected chi connectivity index (χ4v) is 0.890. The fraction of sp³-hybridized carbons (Fsp3) is 0.375. The van der Waals surface area contributed by atoms with E-state index in [4.69, 9.17) is 0 Å². The summed E-state index contributed by atoms with van der Waals surface area (Å²) in [5.41, 5.74) is 0.453. The van der Waals surface area contributed by atoms with Crippen LogP contribution in [0.1, 0.15) is 24.6 Å². The Kier molecular flexibility index (Phi) is 2.52. The molecule has 1 aromatic heterocycles. The van der Waals surface area contributed by atoms with Crippen LogP contribution in [0.5, 0.6) is 0 Å². The van der Waals surface area contributed by atoms with Crippen LogP contribution in [-0.2, 0) is 6.42 Å². The molecule has 0 unspecified atom stereocenters. The van der Waals surface area contributed by atoms with E-state index in [1.54, 1.807) is 12.1 Å². The van der Waals surface area contributed by atoms with Crippen LogP contribution in [0, 0.1) is 6.20 Å². The van der Waals surface area contributed by atoms with Crippen molar-refractivity contribution in [2.45, 2.75) is 19.8 Å². The third-order valence-corrected chi connectivity index (χ3v) is 1.46. The van der Waals surface area contributed by atoms with Gasteiger partial charge in [-0.2, -0.15) is 0 Å². The Balaban J connectivity index is 3.02. The SMILES string of the molecule is CCc1cc[c]nc1C(F)F. The van der Waals surface area contributed by atoms with Gasteiger partial charge in [0.1, 0.15) is 5.69 Å². The number of rotatable bonds is 2. The van der Waals surface area contributed by atoms with Gasteiger partial charge in [-0.25, -0.2) is 13.8 Å². The average molecular weight is 156 g/mol. The number of alkyl halides is 2. The summed E-state index contributed by atoms with van der Waals surface area (Å²) in [6.07, 6.45) is 0.488. The van der Waals surface area contributed by atoms with Crippen molar-refractivity contribution in [1.82, 2.24) is 4.98 Å². The highest BCUT2D eigenvalue weighted by Crippen LogP contribution is 2.19. The first kappa shape index (κ1) is 8.11. The molecule has 1 radical (unpaired) electrons. The normalized spacial score (nSPS) is 10.5. The summed E-state index contributed by atoms with van der Waals surface area (Å²) in [7, 11) is 0. The molecule has 0 saturated heterocycles. The van der Waals surface area contributed by atoms with Gasteiger partial charge in [0.2, 0.25) is 0 Å². The molecule has 0 aliphatic rings. The molecule has 0 spiro atoms. The molecule has 11 heavy (non-hydrogen) atoms. The zero-order valence-electron chi connectivity index (χ0n) is 6.14. The van der Waals surface area contributed by atoms with Crippen molar-refractivity contribution in [3.8, 4) is 0 Å². The third-order valence-electron chi connectivity index (χ3n) is 1.46. The van der Waals surface area contributed by atoms with E-state index in [0.717, 1.165) is 0 Å². The predicted molar refractivity (Wildman–Crippen MR) is 37.4 cm³/mol. The van der Waals surface area contributed by atoms with Crippen LogP contribution < -0.4 is 0 Å². The summed E-state index contributed by atoms with van der Waals surface area (Å²) < 4.78 is 24.3. The predicted octanol–water partition coefficient (Wildman–Crippen LogP) is 2.38. The number of hydrogen-bond acceptors (Lipinski definition) is 1. The van der Waals surface area contributed by atoms with Crippen molar-refractivity contribution >= 4 is 0 Å². The maximum absolute atomic E-state index is 12.1. The highest BCUT2D eigenvalue weighted by Gasteiger charge is 2.11. The lowest BCUT2D eigenvalue weighted by atomic mass is 10.1. The monoisotopic (exact) mass is 156 g/mol. The average Bonchev–Trinajstić information content (AvgIpc) is 2.04. The van der Waals surface area contributed by atoms with E-state index >= 15 is 0 Å². The number of halogens is 2. The molecule has 1 aromatic rings. The molecule has 0 aliphatic heterocycles. The van der Waals surface area contributed by atoms with E-state index < -0.39 is 6.43 Å². The summed E-state index contributed by atoms with van der Waals surface area (Å²) in [6, 6.07) is 3.17. The number of pyridine rings is 1. The van der Waals surface area contributed by atoms with E-state index in [1.807, 2.05) is 6.92 Å². The van der Waals surface area contributed by atoms with Gasteiger partial charge < -0.3 is 0 Å². The second kappa shape index (κ2) is 3.42. The molecule has 59 valence electrons. The van der Waals surface area contributed by atoms with Crippen LogP contribution >= 0.6 is 0 Å². The Morgan fingerprint density at radius 3 is 2.82 bits per heavy atom. The second-order valence-electron chi connectivity index (χ2n) is 2.14. The quantitative estimate of drug-likeness (QED) is 0.640. The van der Waals surface area contributed by atoms with E-state index in [2.05, 4.69) is 11.2 Å². The molecule has 1 heterocycles. The van der Waals surface area contributed by atoms with E-state index in [-0.39, 0.29) is 5.69 Å². The Bertz CT molecular complexity index is 235. The minimum atomic E-state index is -2.48. The van der Waals surface area contributed by atoms with Crippen LogP contribution in [0.15, 0.2) is 12.1 Å². The summed E-state index contributed by atoms with van der Waals surface area (Å²) in [4.78, 5) is 3.47. The molecule has 0 atom stereocenters. The van der Waals surface area contributed by atoms with Crippen LogP contribution in [0.4, 0.5) is 8.78 Å². The lowest BCUT2D eigenvalue weighted by Gasteiger charge is -2.02. The molecule has 3 heteroatoms. The highest BCUT2D eigenvalue weighted by molar-refractivity contribution is 5.19. The molecule has 1 nitrogen and oxygen atoms in total. The summed E-state index contributed by atoms with van der Waals surface area (Å²) in [6.45, 7) is 1.82. The van der Waals surface area contributed by atoms with Crippen LogP contribution in [0.25, 0.3) is 0 Å². The molecular weight excluding hydrogens is 148 g/mol. The zero-order valence-corrected chi connectivity index (χ0v) is 6.14. The van der Waals surface area contributed by atoms with Crippen molar-refractivity contribution in [1.29, 1.82) is 0 Å². The first-order valence-corrected chi connectivity index (χ1v) is 3.39. The number of aryl methyl sites for hydroxylation is 1. The highest BCUT2D eigenvalue weighted by atomic mass is 19.3. The number of nitrogens with zero attached hydrogens (tertiary/aromatic N) is 1. The van der Waals surface area contributed by atoms with Gasteiger partial charge in [-0.15, -0.1) is 0 Å². The first-order valence-electron chi connectivity index (χ1n) is 3.39. The van der Waals surface area contributed by atoms with Gasteiger partial charge in [-0.1, -0.05) is 13.0 Å². The number of hydrogen-bond donors (Lipinski definition) is 0. The Labute approximate surface area is 64.1 Å². The van der Waals surface area contributed by atoms with Gasteiger partial charge in [0.15, 0.2) is 0 Å². The summed E-state index contributed by atoms with van der Waals surface area (Å²) >= 11 is 0. The molecule has 0 bridgehead atoms. The van der Waals surface area contributed by atoms with Gasteiger partial charge in [0.05, 0.1) is 6.20 Å². The maximum Gasteiger partial charge on any atom is 0.280 e. The van der Waals surface area contributed by atoms with E-state index in [0.29, 0.717) is 12.0 Å².